The molecule has 2 amide bonds. The summed E-state index contributed by atoms with van der Waals surface area (Å²) in [5, 5.41) is 5.51. The van der Waals surface area contributed by atoms with Crippen molar-refractivity contribution in [3.05, 3.63) is 0 Å². The first-order valence-electron chi connectivity index (χ1n) is 4.73. The van der Waals surface area contributed by atoms with E-state index in [9.17, 15) is 9.59 Å². The molecule has 2 N–H and O–H groups in total. The number of ether oxygens (including phenoxy) is 1. The Bertz CT molecular complexity index is 220. The maximum Gasteiger partial charge on any atom is 0.249 e. The normalized spacial score (nSPS) is 23.9. The van der Waals surface area contributed by atoms with Crippen molar-refractivity contribution in [2.24, 2.45) is 0 Å². The summed E-state index contributed by atoms with van der Waals surface area (Å²) in [6.45, 7) is 2.21. The van der Waals surface area contributed by atoms with Crippen LogP contribution in [0.4, 0.5) is 0 Å². The summed E-state index contributed by atoms with van der Waals surface area (Å²) in [5.74, 6) is -0.0797. The van der Waals surface area contributed by atoms with Crippen LogP contribution in [0, 0.1) is 0 Å². The van der Waals surface area contributed by atoms with Gasteiger partial charge in [-0.2, -0.15) is 0 Å². The fourth-order valence-corrected chi connectivity index (χ4v) is 1.28. The van der Waals surface area contributed by atoms with Gasteiger partial charge in [0, 0.05) is 26.1 Å². The maximum absolute atomic E-state index is 11.4. The van der Waals surface area contributed by atoms with Crippen LogP contribution in [0.3, 0.4) is 0 Å². The molecule has 5 heteroatoms. The summed E-state index contributed by atoms with van der Waals surface area (Å²) < 4.78 is 4.88. The van der Waals surface area contributed by atoms with E-state index >= 15 is 0 Å². The van der Waals surface area contributed by atoms with Crippen LogP contribution in [0.15, 0.2) is 0 Å². The predicted molar refractivity (Wildman–Crippen MR) is 50.6 cm³/mol. The molecule has 0 radical (unpaired) electrons. The lowest BCUT2D eigenvalue weighted by Crippen LogP contribution is -2.50. The highest BCUT2D eigenvalue weighted by Crippen LogP contribution is 2.03. The van der Waals surface area contributed by atoms with E-state index < -0.39 is 6.10 Å². The summed E-state index contributed by atoms with van der Waals surface area (Å²) >= 11 is 0. The molecule has 0 aliphatic carbocycles. The molecule has 1 aliphatic rings. The average molecular weight is 200 g/mol. The SMILES string of the molecule is COC(C)C(=O)NC1CCC(=O)NC1. The molecule has 80 valence electrons. The summed E-state index contributed by atoms with van der Waals surface area (Å²) in [6.07, 6.45) is 0.743. The number of nitrogens with one attached hydrogen (secondary N) is 2. The van der Waals surface area contributed by atoms with Crippen molar-refractivity contribution in [3.63, 3.8) is 0 Å². The predicted octanol–water partition coefficient (Wildman–Crippen LogP) is -0.584. The number of carbonyl (C=O) groups is 2. The van der Waals surface area contributed by atoms with E-state index in [4.69, 9.17) is 4.74 Å². The molecule has 1 fully saturated rings. The van der Waals surface area contributed by atoms with Crippen LogP contribution < -0.4 is 10.6 Å². The quantitative estimate of drug-likeness (QED) is 0.640. The van der Waals surface area contributed by atoms with Crippen molar-refractivity contribution in [1.29, 1.82) is 0 Å². The number of methoxy groups -OCH3 is 1. The Morgan fingerprint density at radius 1 is 1.71 bits per heavy atom. The third kappa shape index (κ3) is 2.99. The molecule has 14 heavy (non-hydrogen) atoms. The van der Waals surface area contributed by atoms with E-state index in [1.54, 1.807) is 6.92 Å². The summed E-state index contributed by atoms with van der Waals surface area (Å²) in [5.41, 5.74) is 0. The number of amides is 2. The smallest absolute Gasteiger partial charge is 0.249 e. The molecule has 2 atom stereocenters. The molecule has 0 aromatic rings. The van der Waals surface area contributed by atoms with Gasteiger partial charge in [0.15, 0.2) is 0 Å². The van der Waals surface area contributed by atoms with Gasteiger partial charge < -0.3 is 15.4 Å². The minimum atomic E-state index is -0.437. The summed E-state index contributed by atoms with van der Waals surface area (Å²) in [6, 6.07) is 0.0396. The zero-order valence-corrected chi connectivity index (χ0v) is 8.50. The standard InChI is InChI=1S/C9H16N2O3/c1-6(14-2)9(13)11-7-3-4-8(12)10-5-7/h6-7H,3-5H2,1-2H3,(H,10,12)(H,11,13). The fraction of sp³-hybridized carbons (Fsp3) is 0.778. The zero-order chi connectivity index (χ0) is 10.6. The highest BCUT2D eigenvalue weighted by Gasteiger charge is 2.21. The Morgan fingerprint density at radius 2 is 2.43 bits per heavy atom. The minimum Gasteiger partial charge on any atom is -0.372 e. The molecular formula is C9H16N2O3. The molecule has 1 rings (SSSR count). The molecule has 5 nitrogen and oxygen atoms in total. The molecular weight excluding hydrogens is 184 g/mol. The Morgan fingerprint density at radius 3 is 2.93 bits per heavy atom. The van der Waals surface area contributed by atoms with E-state index in [1.165, 1.54) is 7.11 Å². The lowest BCUT2D eigenvalue weighted by Gasteiger charge is -2.24. The first-order valence-corrected chi connectivity index (χ1v) is 4.73. The fourth-order valence-electron chi connectivity index (χ4n) is 1.28. The van der Waals surface area contributed by atoms with E-state index in [0.29, 0.717) is 19.4 Å². The highest BCUT2D eigenvalue weighted by molar-refractivity contribution is 5.81. The van der Waals surface area contributed by atoms with E-state index in [0.717, 1.165) is 0 Å². The van der Waals surface area contributed by atoms with Crippen LogP contribution in [0.2, 0.25) is 0 Å². The van der Waals surface area contributed by atoms with Crippen LogP contribution in [-0.4, -0.2) is 37.6 Å². The second kappa shape index (κ2) is 4.95. The third-order valence-corrected chi connectivity index (χ3v) is 2.33. The lowest BCUT2D eigenvalue weighted by molar-refractivity contribution is -0.132. The maximum atomic E-state index is 11.4. The Hall–Kier alpha value is -1.10. The first kappa shape index (κ1) is 11.0. The van der Waals surface area contributed by atoms with Gasteiger partial charge in [-0.15, -0.1) is 0 Å². The third-order valence-electron chi connectivity index (χ3n) is 2.33. The minimum absolute atomic E-state index is 0.0396. The number of hydrogen-bond acceptors (Lipinski definition) is 3. The van der Waals surface area contributed by atoms with Crippen molar-refractivity contribution in [2.75, 3.05) is 13.7 Å². The average Bonchev–Trinajstić information content (AvgIpc) is 2.20. The zero-order valence-electron chi connectivity index (χ0n) is 8.50. The Balaban J connectivity index is 2.30. The van der Waals surface area contributed by atoms with Crippen LogP contribution in [0.1, 0.15) is 19.8 Å². The van der Waals surface area contributed by atoms with Gasteiger partial charge in [0.2, 0.25) is 11.8 Å². The molecule has 0 aromatic carbocycles. The molecule has 1 aliphatic heterocycles. The van der Waals surface area contributed by atoms with Gasteiger partial charge in [-0.1, -0.05) is 0 Å². The highest BCUT2D eigenvalue weighted by atomic mass is 16.5. The van der Waals surface area contributed by atoms with Crippen molar-refractivity contribution >= 4 is 11.8 Å². The number of carbonyl (C=O) groups excluding carboxylic acids is 2. The van der Waals surface area contributed by atoms with Gasteiger partial charge in [0.1, 0.15) is 6.10 Å². The first-order chi connectivity index (χ1) is 6.63. The summed E-state index contributed by atoms with van der Waals surface area (Å²) in [7, 11) is 1.49. The molecule has 0 saturated carbocycles. The van der Waals surface area contributed by atoms with Gasteiger partial charge in [-0.3, -0.25) is 9.59 Å². The van der Waals surface area contributed by atoms with Crippen molar-refractivity contribution in [2.45, 2.75) is 31.9 Å². The Kier molecular flexibility index (Phi) is 3.88. The number of hydrogen-bond donors (Lipinski definition) is 2. The largest absolute Gasteiger partial charge is 0.372 e. The topological polar surface area (TPSA) is 67.4 Å². The van der Waals surface area contributed by atoms with Gasteiger partial charge in [-0.05, 0) is 13.3 Å². The van der Waals surface area contributed by atoms with E-state index in [2.05, 4.69) is 10.6 Å². The second-order valence-corrected chi connectivity index (χ2v) is 3.43. The van der Waals surface area contributed by atoms with Gasteiger partial charge in [0.25, 0.3) is 0 Å². The lowest BCUT2D eigenvalue weighted by atomic mass is 10.1. The van der Waals surface area contributed by atoms with Crippen LogP contribution in [-0.2, 0) is 14.3 Å². The van der Waals surface area contributed by atoms with Crippen molar-refractivity contribution in [1.82, 2.24) is 10.6 Å². The molecule has 1 heterocycles. The van der Waals surface area contributed by atoms with Crippen LogP contribution in [0.25, 0.3) is 0 Å². The Labute approximate surface area is 83.2 Å². The van der Waals surface area contributed by atoms with Crippen LogP contribution in [0.5, 0.6) is 0 Å². The number of rotatable bonds is 3. The van der Waals surface area contributed by atoms with Crippen molar-refractivity contribution < 1.29 is 14.3 Å². The molecule has 0 spiro atoms. The molecule has 2 unspecified atom stereocenters. The molecule has 0 aromatic heterocycles. The summed E-state index contributed by atoms with van der Waals surface area (Å²) in [4.78, 5) is 22.2. The van der Waals surface area contributed by atoms with E-state index in [1.807, 2.05) is 0 Å². The number of piperidine rings is 1. The second-order valence-electron chi connectivity index (χ2n) is 3.43. The van der Waals surface area contributed by atoms with E-state index in [-0.39, 0.29) is 17.9 Å². The molecule has 0 bridgehead atoms. The van der Waals surface area contributed by atoms with Gasteiger partial charge >= 0.3 is 0 Å². The molecule has 1 saturated heterocycles. The van der Waals surface area contributed by atoms with Gasteiger partial charge in [-0.25, -0.2) is 0 Å². The van der Waals surface area contributed by atoms with Crippen LogP contribution >= 0.6 is 0 Å². The van der Waals surface area contributed by atoms with Gasteiger partial charge in [0.05, 0.1) is 0 Å². The van der Waals surface area contributed by atoms with Crippen molar-refractivity contribution in [3.8, 4) is 0 Å². The monoisotopic (exact) mass is 200 g/mol.